The molecule has 0 radical (unpaired) electrons. The monoisotopic (exact) mass is 428 g/mol. The highest BCUT2D eigenvalue weighted by atomic mass is 35.5. The Labute approximate surface area is 172 Å². The summed E-state index contributed by atoms with van der Waals surface area (Å²) in [6, 6.07) is 9.29. The summed E-state index contributed by atoms with van der Waals surface area (Å²) in [6.07, 6.45) is 0. The number of rotatable bonds is 3. The van der Waals surface area contributed by atoms with Crippen molar-refractivity contribution in [1.82, 2.24) is 10.4 Å². The summed E-state index contributed by atoms with van der Waals surface area (Å²) in [5.74, 6) is -4.13. The summed E-state index contributed by atoms with van der Waals surface area (Å²) in [5, 5.41) is 1.72. The molecule has 0 aliphatic rings. The van der Waals surface area contributed by atoms with Crippen molar-refractivity contribution in [3.8, 4) is 0 Å². The third-order valence-electron chi connectivity index (χ3n) is 3.85. The molecule has 0 saturated carbocycles. The van der Waals surface area contributed by atoms with Gasteiger partial charge in [0.05, 0.1) is 5.54 Å². The van der Waals surface area contributed by atoms with Crippen molar-refractivity contribution in [2.24, 2.45) is 0 Å². The van der Waals surface area contributed by atoms with Gasteiger partial charge in [-0.25, -0.2) is 13.8 Å². The highest BCUT2D eigenvalue weighted by molar-refractivity contribution is 6.35. The normalized spacial score (nSPS) is 11.9. The molecule has 2 amide bonds. The van der Waals surface area contributed by atoms with E-state index in [2.05, 4.69) is 5.43 Å². The highest BCUT2D eigenvalue weighted by Crippen LogP contribution is 2.27. The minimum atomic E-state index is -3.01. The van der Waals surface area contributed by atoms with Crippen LogP contribution in [0.4, 0.5) is 8.78 Å². The number of halogens is 4. The first-order valence-electron chi connectivity index (χ1n) is 8.39. The summed E-state index contributed by atoms with van der Waals surface area (Å²) in [4.78, 5) is 25.5. The summed E-state index contributed by atoms with van der Waals surface area (Å²) in [6.45, 7) is 5.98. The van der Waals surface area contributed by atoms with Gasteiger partial charge in [-0.2, -0.15) is 0 Å². The minimum Gasteiger partial charge on any atom is -0.267 e. The van der Waals surface area contributed by atoms with E-state index in [0.717, 1.165) is 11.9 Å². The Morgan fingerprint density at radius 2 is 1.39 bits per heavy atom. The number of hydrogen-bond acceptors (Lipinski definition) is 2. The van der Waals surface area contributed by atoms with Gasteiger partial charge in [-0.05, 0) is 51.1 Å². The van der Waals surface area contributed by atoms with Crippen molar-refractivity contribution in [2.75, 3.05) is 0 Å². The number of hydrogen-bond donors (Lipinski definition) is 1. The van der Waals surface area contributed by atoms with E-state index < -0.39 is 23.3 Å². The number of nitrogens with one attached hydrogen (secondary N) is 1. The standard InChI is InChI=1S/C20H20Cl2F2N2O2/c1-19(2,3)26(18(28)13-9-15(21)11-16(22)10-13)25-17(27)12-5-7-14(8-6-12)20(4,23)24/h5-11H,1-4H3,(H,25,27). The second kappa shape index (κ2) is 8.05. The molecule has 4 nitrogen and oxygen atoms in total. The summed E-state index contributed by atoms with van der Waals surface area (Å²) >= 11 is 11.9. The summed E-state index contributed by atoms with van der Waals surface area (Å²) < 4.78 is 26.7. The van der Waals surface area contributed by atoms with Crippen LogP contribution in [0, 0.1) is 0 Å². The molecule has 8 heteroatoms. The SMILES string of the molecule is CC(F)(F)c1ccc(C(=O)NN(C(=O)c2cc(Cl)cc(Cl)c2)C(C)(C)C)cc1. The quantitative estimate of drug-likeness (QED) is 0.638. The summed E-state index contributed by atoms with van der Waals surface area (Å²) in [7, 11) is 0. The van der Waals surface area contributed by atoms with Crippen LogP contribution in [0.5, 0.6) is 0 Å². The van der Waals surface area contributed by atoms with Crippen LogP contribution in [0.25, 0.3) is 0 Å². The fourth-order valence-corrected chi connectivity index (χ4v) is 2.94. The number of amides is 2. The van der Waals surface area contributed by atoms with Crippen molar-refractivity contribution >= 4 is 35.0 Å². The van der Waals surface area contributed by atoms with Gasteiger partial charge >= 0.3 is 0 Å². The van der Waals surface area contributed by atoms with Gasteiger partial charge in [0, 0.05) is 33.7 Å². The van der Waals surface area contributed by atoms with E-state index in [9.17, 15) is 18.4 Å². The lowest BCUT2D eigenvalue weighted by Crippen LogP contribution is -2.55. The molecule has 2 aromatic rings. The Kier molecular flexibility index (Phi) is 6.36. The third kappa shape index (κ3) is 5.42. The molecular formula is C20H20Cl2F2N2O2. The molecule has 0 aromatic heterocycles. The first kappa shape index (κ1) is 22.1. The van der Waals surface area contributed by atoms with Crippen LogP contribution < -0.4 is 5.43 Å². The van der Waals surface area contributed by atoms with Crippen molar-refractivity contribution in [3.63, 3.8) is 0 Å². The second-order valence-electron chi connectivity index (χ2n) is 7.38. The van der Waals surface area contributed by atoms with Gasteiger partial charge in [0.25, 0.3) is 17.7 Å². The van der Waals surface area contributed by atoms with Crippen LogP contribution in [0.15, 0.2) is 42.5 Å². The van der Waals surface area contributed by atoms with Crippen molar-refractivity contribution in [3.05, 3.63) is 69.2 Å². The largest absolute Gasteiger partial charge is 0.272 e. The van der Waals surface area contributed by atoms with Crippen LogP contribution in [0.3, 0.4) is 0 Å². The maximum absolute atomic E-state index is 13.3. The molecule has 0 fully saturated rings. The van der Waals surface area contributed by atoms with Gasteiger partial charge in [0.15, 0.2) is 0 Å². The maximum atomic E-state index is 13.3. The molecule has 0 atom stereocenters. The van der Waals surface area contributed by atoms with Gasteiger partial charge in [-0.15, -0.1) is 0 Å². The topological polar surface area (TPSA) is 49.4 Å². The lowest BCUT2D eigenvalue weighted by molar-refractivity contribution is 0.0174. The average Bonchev–Trinajstić information content (AvgIpc) is 2.56. The Balaban J connectivity index is 2.29. The van der Waals surface area contributed by atoms with E-state index in [0.29, 0.717) is 0 Å². The van der Waals surface area contributed by atoms with Gasteiger partial charge < -0.3 is 0 Å². The molecule has 0 aliphatic heterocycles. The first-order chi connectivity index (χ1) is 12.8. The van der Waals surface area contributed by atoms with Crippen LogP contribution in [0.1, 0.15) is 54.0 Å². The lowest BCUT2D eigenvalue weighted by atomic mass is 10.1. The first-order valence-corrected chi connectivity index (χ1v) is 9.14. The van der Waals surface area contributed by atoms with Crippen molar-refractivity contribution in [1.29, 1.82) is 0 Å². The van der Waals surface area contributed by atoms with Crippen LogP contribution >= 0.6 is 23.2 Å². The maximum Gasteiger partial charge on any atom is 0.272 e. The van der Waals surface area contributed by atoms with E-state index in [-0.39, 0.29) is 26.7 Å². The molecule has 0 unspecified atom stereocenters. The van der Waals surface area contributed by atoms with Crippen LogP contribution in [-0.2, 0) is 5.92 Å². The number of benzene rings is 2. The zero-order valence-corrected chi connectivity index (χ0v) is 17.3. The Morgan fingerprint density at radius 3 is 1.82 bits per heavy atom. The van der Waals surface area contributed by atoms with Gasteiger partial charge in [0.2, 0.25) is 0 Å². The molecule has 0 bridgehead atoms. The Hall–Kier alpha value is -2.18. The molecule has 28 heavy (non-hydrogen) atoms. The summed E-state index contributed by atoms with van der Waals surface area (Å²) in [5.41, 5.74) is 1.89. The second-order valence-corrected chi connectivity index (χ2v) is 8.25. The molecule has 2 rings (SSSR count). The predicted molar refractivity (Wildman–Crippen MR) is 106 cm³/mol. The zero-order valence-electron chi connectivity index (χ0n) is 15.8. The van der Waals surface area contributed by atoms with Gasteiger partial charge in [-0.3, -0.25) is 15.0 Å². The lowest BCUT2D eigenvalue weighted by Gasteiger charge is -2.35. The zero-order chi connectivity index (χ0) is 21.3. The van der Waals surface area contributed by atoms with Crippen LogP contribution in [-0.4, -0.2) is 22.4 Å². The molecule has 0 saturated heterocycles. The van der Waals surface area contributed by atoms with Gasteiger partial charge in [-0.1, -0.05) is 35.3 Å². The number of carbonyl (C=O) groups is 2. The van der Waals surface area contributed by atoms with Crippen molar-refractivity contribution in [2.45, 2.75) is 39.2 Å². The smallest absolute Gasteiger partial charge is 0.267 e. The molecular weight excluding hydrogens is 409 g/mol. The van der Waals surface area contributed by atoms with E-state index in [1.165, 1.54) is 42.5 Å². The molecule has 1 N–H and O–H groups in total. The molecule has 2 aromatic carbocycles. The number of alkyl halides is 2. The molecule has 0 spiro atoms. The number of carbonyl (C=O) groups excluding carboxylic acids is 2. The van der Waals surface area contributed by atoms with E-state index >= 15 is 0 Å². The van der Waals surface area contributed by atoms with E-state index in [4.69, 9.17) is 23.2 Å². The molecule has 150 valence electrons. The Morgan fingerprint density at radius 1 is 0.893 bits per heavy atom. The van der Waals surface area contributed by atoms with E-state index in [1.807, 2.05) is 0 Å². The highest BCUT2D eigenvalue weighted by Gasteiger charge is 2.30. The predicted octanol–water partition coefficient (Wildman–Crippen LogP) is 5.69. The fraction of sp³-hybridized carbons (Fsp3) is 0.300. The molecule has 0 heterocycles. The average molecular weight is 429 g/mol. The minimum absolute atomic E-state index is 0.138. The van der Waals surface area contributed by atoms with Crippen molar-refractivity contribution < 1.29 is 18.4 Å². The third-order valence-corrected chi connectivity index (χ3v) is 4.29. The number of hydrazine groups is 1. The molecule has 0 aliphatic carbocycles. The Bertz CT molecular complexity index is 868. The van der Waals surface area contributed by atoms with Gasteiger partial charge in [0.1, 0.15) is 0 Å². The fourth-order valence-electron chi connectivity index (χ4n) is 2.41. The number of nitrogens with zero attached hydrogens (tertiary/aromatic N) is 1. The van der Waals surface area contributed by atoms with E-state index in [1.54, 1.807) is 20.8 Å². The van der Waals surface area contributed by atoms with Crippen LogP contribution in [0.2, 0.25) is 10.0 Å².